The minimum atomic E-state index is 1.24. The number of rotatable bonds is 6. The molecule has 0 atom stereocenters. The number of hydrogen-bond acceptors (Lipinski definition) is 4. The van der Waals surface area contributed by atoms with Gasteiger partial charge in [0.25, 0.3) is 0 Å². The highest BCUT2D eigenvalue weighted by Gasteiger charge is 2.12. The zero-order valence-electron chi connectivity index (χ0n) is 31.1. The molecule has 0 saturated heterocycles. The van der Waals surface area contributed by atoms with Gasteiger partial charge < -0.3 is 0 Å². The van der Waals surface area contributed by atoms with Crippen molar-refractivity contribution in [1.82, 2.24) is 0 Å². The number of thiophene rings is 4. The van der Waals surface area contributed by atoms with E-state index in [0.29, 0.717) is 0 Å². The van der Waals surface area contributed by atoms with Gasteiger partial charge in [-0.1, -0.05) is 133 Å². The first-order valence-electron chi connectivity index (χ1n) is 19.4. The topological polar surface area (TPSA) is 0 Å². The fourth-order valence-corrected chi connectivity index (χ4v) is 12.5. The van der Waals surface area contributed by atoms with E-state index in [1.54, 1.807) is 0 Å². The van der Waals surface area contributed by atoms with E-state index >= 15 is 0 Å². The van der Waals surface area contributed by atoms with Gasteiger partial charge in [0.05, 0.1) is 0 Å². The Kier molecular flexibility index (Phi) is 8.05. The molecule has 0 bridgehead atoms. The Bertz CT molecular complexity index is 3160. The summed E-state index contributed by atoms with van der Waals surface area (Å²) >= 11 is 7.38. The number of fused-ring (bicyclic) bond motifs is 5. The molecule has 0 fully saturated rings. The van der Waals surface area contributed by atoms with Crippen molar-refractivity contribution in [2.45, 2.75) is 0 Å². The normalized spacial score (nSPS) is 11.8. The van der Waals surface area contributed by atoms with Gasteiger partial charge >= 0.3 is 0 Å². The minimum Gasteiger partial charge on any atom is -0.143 e. The molecule has 4 aromatic heterocycles. The van der Waals surface area contributed by atoms with E-state index < -0.39 is 0 Å². The highest BCUT2D eigenvalue weighted by Crippen LogP contribution is 2.42. The van der Waals surface area contributed by atoms with Crippen LogP contribution < -0.4 is 0 Å². The minimum absolute atomic E-state index is 1.24. The molecule has 272 valence electrons. The maximum Gasteiger partial charge on any atom is 0.0355 e. The maximum absolute atomic E-state index is 2.38. The lowest BCUT2D eigenvalue weighted by atomic mass is 9.99. The summed E-state index contributed by atoms with van der Waals surface area (Å²) in [6.45, 7) is 0. The van der Waals surface area contributed by atoms with Crippen molar-refractivity contribution in [2.24, 2.45) is 0 Å². The zero-order valence-corrected chi connectivity index (χ0v) is 34.4. The molecule has 0 aliphatic carbocycles. The second kappa shape index (κ2) is 13.8. The average Bonchev–Trinajstić information content (AvgIpc) is 4.10. The van der Waals surface area contributed by atoms with Crippen LogP contribution in [0.3, 0.4) is 0 Å². The van der Waals surface area contributed by atoms with Crippen LogP contribution in [0.2, 0.25) is 0 Å². The Balaban J connectivity index is 0.774. The van der Waals surface area contributed by atoms with Crippen LogP contribution in [0.25, 0.3) is 117 Å². The molecule has 0 radical (unpaired) electrons. The van der Waals surface area contributed by atoms with E-state index in [2.05, 4.69) is 193 Å². The number of benzene rings is 8. The molecule has 8 aromatic carbocycles. The highest BCUT2D eigenvalue weighted by atomic mass is 32.1. The number of hydrogen-bond donors (Lipinski definition) is 0. The molecule has 0 spiro atoms. The van der Waals surface area contributed by atoms with Gasteiger partial charge in [0.15, 0.2) is 0 Å². The fraction of sp³-hybridized carbons (Fsp3) is 0. The summed E-state index contributed by atoms with van der Waals surface area (Å²) < 4.78 is 5.32. The second-order valence-corrected chi connectivity index (χ2v) is 18.9. The van der Waals surface area contributed by atoms with Gasteiger partial charge in [-0.25, -0.2) is 0 Å². The molecule has 0 saturated carbocycles. The Morgan fingerprint density at radius 2 is 0.603 bits per heavy atom. The molecule has 0 aliphatic heterocycles. The summed E-state index contributed by atoms with van der Waals surface area (Å²) in [6, 6.07) is 67.7. The van der Waals surface area contributed by atoms with Crippen molar-refractivity contribution in [1.29, 1.82) is 0 Å². The van der Waals surface area contributed by atoms with Crippen LogP contribution in [0.5, 0.6) is 0 Å². The van der Waals surface area contributed by atoms with Crippen LogP contribution in [0.15, 0.2) is 193 Å². The predicted molar refractivity (Wildman–Crippen MR) is 258 cm³/mol. The third-order valence-electron chi connectivity index (χ3n) is 11.5. The van der Waals surface area contributed by atoms with Crippen LogP contribution >= 0.6 is 45.3 Å². The van der Waals surface area contributed by atoms with Crippen molar-refractivity contribution >= 4 is 96.5 Å². The van der Waals surface area contributed by atoms with Crippen molar-refractivity contribution in [3.63, 3.8) is 0 Å². The lowest BCUT2D eigenvalue weighted by Crippen LogP contribution is -1.80. The van der Waals surface area contributed by atoms with Crippen molar-refractivity contribution in [3.8, 4) is 65.4 Å². The first-order chi connectivity index (χ1) is 28.7. The molecule has 0 aliphatic rings. The smallest absolute Gasteiger partial charge is 0.0355 e. The van der Waals surface area contributed by atoms with Gasteiger partial charge in [-0.15, -0.1) is 45.3 Å². The van der Waals surface area contributed by atoms with Crippen LogP contribution in [-0.4, -0.2) is 0 Å². The first-order valence-corrected chi connectivity index (χ1v) is 22.8. The van der Waals surface area contributed by atoms with Gasteiger partial charge in [0, 0.05) is 50.5 Å². The van der Waals surface area contributed by atoms with E-state index in [-0.39, 0.29) is 0 Å². The lowest BCUT2D eigenvalue weighted by Gasteiger charge is -2.06. The molecule has 12 aromatic rings. The van der Waals surface area contributed by atoms with E-state index in [9.17, 15) is 0 Å². The van der Waals surface area contributed by atoms with Crippen molar-refractivity contribution in [2.75, 3.05) is 0 Å². The monoisotopic (exact) mass is 808 g/mol. The van der Waals surface area contributed by atoms with Gasteiger partial charge in [0.1, 0.15) is 0 Å². The van der Waals surface area contributed by atoms with E-state index in [1.807, 2.05) is 45.3 Å². The highest BCUT2D eigenvalue weighted by molar-refractivity contribution is 7.23. The third-order valence-corrected chi connectivity index (χ3v) is 15.7. The summed E-state index contributed by atoms with van der Waals surface area (Å²) in [6.07, 6.45) is 0. The third kappa shape index (κ3) is 5.91. The molecule has 4 heteroatoms. The lowest BCUT2D eigenvalue weighted by molar-refractivity contribution is 1.61. The molecule has 0 amide bonds. The summed E-state index contributed by atoms with van der Waals surface area (Å²) in [5, 5.41) is 12.4. The Morgan fingerprint density at radius 3 is 1.00 bits per heavy atom. The maximum atomic E-state index is 2.38. The van der Waals surface area contributed by atoms with E-state index in [0.717, 1.165) is 0 Å². The van der Waals surface area contributed by atoms with Crippen LogP contribution in [0, 0.1) is 0 Å². The van der Waals surface area contributed by atoms with Gasteiger partial charge in [-0.2, -0.15) is 0 Å². The van der Waals surface area contributed by atoms with Crippen LogP contribution in [-0.2, 0) is 0 Å². The molecule has 58 heavy (non-hydrogen) atoms. The summed E-state index contributed by atoms with van der Waals surface area (Å²) in [5.41, 5.74) is 12.6. The Morgan fingerprint density at radius 1 is 0.259 bits per heavy atom. The van der Waals surface area contributed by atoms with E-state index in [4.69, 9.17) is 0 Å². The standard InChI is InChI=1S/C54H32S4/c1-3-7-49-45(5-1)47(31-55-49)37-17-9-33(10-18-37)35-13-21-39(22-14-35)51-29-43-25-41-28-54-44(26-42(41)27-53(43)57-51)30-52(58-54)40-23-15-36(16-24-40)34-11-19-38(20-12-34)48-32-56-50-8-4-2-6-46(48)50/h1-32H. The molecular weight excluding hydrogens is 777 g/mol. The molecule has 4 heterocycles. The molecule has 0 N–H and O–H groups in total. The summed E-state index contributed by atoms with van der Waals surface area (Å²) in [5.74, 6) is 0. The molecule has 0 nitrogen and oxygen atoms in total. The molecular formula is C54H32S4. The fourth-order valence-electron chi connectivity index (χ4n) is 8.35. The van der Waals surface area contributed by atoms with Crippen LogP contribution in [0.1, 0.15) is 0 Å². The predicted octanol–water partition coefficient (Wildman–Crippen LogP) is 17.7. The van der Waals surface area contributed by atoms with Crippen molar-refractivity contribution < 1.29 is 0 Å². The Hall–Kier alpha value is -6.14. The first kappa shape index (κ1) is 33.9. The largest absolute Gasteiger partial charge is 0.143 e. The van der Waals surface area contributed by atoms with Crippen molar-refractivity contribution in [3.05, 3.63) is 193 Å². The quantitative estimate of drug-likeness (QED) is 0.157. The van der Waals surface area contributed by atoms with E-state index in [1.165, 1.54) is 117 Å². The van der Waals surface area contributed by atoms with Gasteiger partial charge in [-0.05, 0) is 125 Å². The molecule has 12 rings (SSSR count). The SMILES string of the molecule is c1ccc2c(-c3ccc(-c4ccc(-c5cc6cc7cc8sc(-c9ccc(-c%10ccc(-c%11csc%12ccccc%11%12)cc%10)cc9)cc8cc7cc6s5)cc4)cc3)csc2c1. The second-order valence-electron chi connectivity index (χ2n) is 14.9. The van der Waals surface area contributed by atoms with Gasteiger partial charge in [0.2, 0.25) is 0 Å². The van der Waals surface area contributed by atoms with Gasteiger partial charge in [-0.3, -0.25) is 0 Å². The molecule has 0 unspecified atom stereocenters. The average molecular weight is 809 g/mol. The zero-order chi connectivity index (χ0) is 38.2. The Labute approximate surface area is 352 Å². The summed E-state index contributed by atoms with van der Waals surface area (Å²) in [4.78, 5) is 2.60. The summed E-state index contributed by atoms with van der Waals surface area (Å²) in [7, 11) is 0. The van der Waals surface area contributed by atoms with Crippen LogP contribution in [0.4, 0.5) is 0 Å².